The monoisotopic (exact) mass is 267 g/mol. The third kappa shape index (κ3) is 2.14. The number of pyridine rings is 1. The van der Waals surface area contributed by atoms with Gasteiger partial charge in [-0.1, -0.05) is 0 Å². The predicted molar refractivity (Wildman–Crippen MR) is 75.4 cm³/mol. The molecule has 0 aliphatic carbocycles. The van der Waals surface area contributed by atoms with Gasteiger partial charge in [-0.15, -0.1) is 0 Å². The van der Waals surface area contributed by atoms with Crippen molar-refractivity contribution >= 4 is 17.3 Å². The van der Waals surface area contributed by atoms with Crippen molar-refractivity contribution in [1.29, 1.82) is 0 Å². The van der Waals surface area contributed by atoms with Gasteiger partial charge in [0.15, 0.2) is 0 Å². The first-order valence-corrected chi connectivity index (χ1v) is 6.33. The summed E-state index contributed by atoms with van der Waals surface area (Å²) in [6, 6.07) is 9.14. The number of imidazole rings is 1. The van der Waals surface area contributed by atoms with E-state index in [2.05, 4.69) is 9.97 Å². The number of carbonyl (C=O) groups is 1. The lowest BCUT2D eigenvalue weighted by atomic mass is 10.2. The maximum absolute atomic E-state index is 10.8. The lowest BCUT2D eigenvalue weighted by molar-refractivity contribution is 0.112. The van der Waals surface area contributed by atoms with Crippen LogP contribution in [0.25, 0.3) is 16.9 Å². The van der Waals surface area contributed by atoms with E-state index in [0.717, 1.165) is 28.9 Å². The second-order valence-electron chi connectivity index (χ2n) is 4.27. The molecule has 0 radical (unpaired) electrons. The molecule has 0 unspecified atom stereocenters. The normalized spacial score (nSPS) is 10.7. The number of hydrogen-bond acceptors (Lipinski definition) is 4. The van der Waals surface area contributed by atoms with Crippen molar-refractivity contribution in [3.8, 4) is 11.6 Å². The van der Waals surface area contributed by atoms with Gasteiger partial charge in [0.1, 0.15) is 24.2 Å². The molecule has 0 amide bonds. The Hall–Kier alpha value is -2.69. The fourth-order valence-electron chi connectivity index (χ4n) is 2.05. The van der Waals surface area contributed by atoms with Crippen LogP contribution in [0.3, 0.4) is 0 Å². The number of carbonyl (C=O) groups excluding carboxylic acids is 1. The van der Waals surface area contributed by atoms with Gasteiger partial charge in [-0.25, -0.2) is 9.97 Å². The highest BCUT2D eigenvalue weighted by molar-refractivity contribution is 5.85. The molecule has 5 heteroatoms. The van der Waals surface area contributed by atoms with E-state index in [1.807, 2.05) is 29.7 Å². The Bertz CT molecular complexity index is 747. The summed E-state index contributed by atoms with van der Waals surface area (Å²) in [5, 5.41) is 0. The van der Waals surface area contributed by atoms with Crippen LogP contribution in [0.1, 0.15) is 17.3 Å². The van der Waals surface area contributed by atoms with Crippen molar-refractivity contribution in [3.63, 3.8) is 0 Å². The molecule has 0 fully saturated rings. The molecule has 3 rings (SSSR count). The van der Waals surface area contributed by atoms with Crippen LogP contribution in [0.2, 0.25) is 0 Å². The van der Waals surface area contributed by atoms with E-state index in [0.29, 0.717) is 12.2 Å². The summed E-state index contributed by atoms with van der Waals surface area (Å²) < 4.78 is 7.24. The number of benzene rings is 1. The average Bonchev–Trinajstić information content (AvgIpc) is 2.91. The number of fused-ring (bicyclic) bond motifs is 1. The van der Waals surface area contributed by atoms with Crippen molar-refractivity contribution in [2.45, 2.75) is 6.92 Å². The van der Waals surface area contributed by atoms with Gasteiger partial charge in [-0.3, -0.25) is 9.36 Å². The Balaban J connectivity index is 2.03. The molecule has 2 heterocycles. The minimum atomic E-state index is 0.613. The first-order valence-electron chi connectivity index (χ1n) is 6.33. The van der Waals surface area contributed by atoms with Crippen LogP contribution < -0.4 is 4.74 Å². The fraction of sp³-hybridized carbons (Fsp3) is 0.133. The smallest absolute Gasteiger partial charge is 0.150 e. The largest absolute Gasteiger partial charge is 0.492 e. The van der Waals surface area contributed by atoms with Crippen LogP contribution in [0.4, 0.5) is 0 Å². The summed E-state index contributed by atoms with van der Waals surface area (Å²) in [6.45, 7) is 2.55. The third-order valence-corrected chi connectivity index (χ3v) is 2.99. The second kappa shape index (κ2) is 5.13. The number of ether oxygens (including phenoxy) is 1. The SMILES string of the molecule is CCOc1ccc(-n2cnc3cc(C=O)ccc32)nc1. The van der Waals surface area contributed by atoms with E-state index >= 15 is 0 Å². The molecule has 0 saturated carbocycles. The molecule has 0 aliphatic rings. The fourth-order valence-corrected chi connectivity index (χ4v) is 2.05. The molecule has 0 N–H and O–H groups in total. The number of hydrogen-bond donors (Lipinski definition) is 0. The number of rotatable bonds is 4. The topological polar surface area (TPSA) is 57.0 Å². The van der Waals surface area contributed by atoms with Gasteiger partial charge in [0.25, 0.3) is 0 Å². The molecule has 0 bridgehead atoms. The molecule has 1 aromatic carbocycles. The number of aromatic nitrogens is 3. The molecule has 0 saturated heterocycles. The lowest BCUT2D eigenvalue weighted by Gasteiger charge is -2.05. The Morgan fingerprint density at radius 3 is 2.85 bits per heavy atom. The quantitative estimate of drug-likeness (QED) is 0.682. The Labute approximate surface area is 115 Å². The van der Waals surface area contributed by atoms with Crippen LogP contribution in [0.15, 0.2) is 42.9 Å². The number of nitrogens with zero attached hydrogens (tertiary/aromatic N) is 3. The van der Waals surface area contributed by atoms with E-state index in [9.17, 15) is 4.79 Å². The summed E-state index contributed by atoms with van der Waals surface area (Å²) in [5.74, 6) is 1.50. The molecule has 5 nitrogen and oxygen atoms in total. The van der Waals surface area contributed by atoms with Crippen molar-refractivity contribution in [2.75, 3.05) is 6.61 Å². The van der Waals surface area contributed by atoms with Gasteiger partial charge in [0.2, 0.25) is 0 Å². The van der Waals surface area contributed by atoms with Crippen LogP contribution in [-0.4, -0.2) is 27.4 Å². The van der Waals surface area contributed by atoms with Crippen molar-refractivity contribution in [2.24, 2.45) is 0 Å². The molecule has 2 aromatic heterocycles. The standard InChI is InChI=1S/C15H13N3O2/c1-2-20-12-4-6-15(16-8-12)18-10-17-13-7-11(9-19)3-5-14(13)18/h3-10H,2H2,1H3. The predicted octanol–water partition coefficient (Wildman–Crippen LogP) is 2.63. The zero-order valence-corrected chi connectivity index (χ0v) is 11.0. The maximum Gasteiger partial charge on any atom is 0.150 e. The summed E-state index contributed by atoms with van der Waals surface area (Å²) in [6.07, 6.45) is 4.19. The maximum atomic E-state index is 10.8. The highest BCUT2D eigenvalue weighted by Crippen LogP contribution is 2.19. The van der Waals surface area contributed by atoms with Crippen molar-refractivity contribution in [3.05, 3.63) is 48.4 Å². The van der Waals surface area contributed by atoms with Gasteiger partial charge in [-0.05, 0) is 37.3 Å². The van der Waals surface area contributed by atoms with Gasteiger partial charge in [0, 0.05) is 5.56 Å². The molecule has 0 aliphatic heterocycles. The summed E-state index contributed by atoms with van der Waals surface area (Å²) >= 11 is 0. The van der Waals surface area contributed by atoms with Gasteiger partial charge in [0.05, 0.1) is 23.8 Å². The molecule has 3 aromatic rings. The van der Waals surface area contributed by atoms with Crippen molar-refractivity contribution < 1.29 is 9.53 Å². The second-order valence-corrected chi connectivity index (χ2v) is 4.27. The van der Waals surface area contributed by atoms with Gasteiger partial charge >= 0.3 is 0 Å². The Morgan fingerprint density at radius 1 is 1.25 bits per heavy atom. The molecular formula is C15H13N3O2. The Morgan fingerprint density at radius 2 is 2.15 bits per heavy atom. The summed E-state index contributed by atoms with van der Waals surface area (Å²) in [7, 11) is 0. The van der Waals surface area contributed by atoms with Crippen LogP contribution >= 0.6 is 0 Å². The highest BCUT2D eigenvalue weighted by Gasteiger charge is 2.06. The Kier molecular flexibility index (Phi) is 3.16. The molecular weight excluding hydrogens is 254 g/mol. The average molecular weight is 267 g/mol. The zero-order valence-electron chi connectivity index (χ0n) is 11.0. The summed E-state index contributed by atoms with van der Waals surface area (Å²) in [5.41, 5.74) is 2.29. The van der Waals surface area contributed by atoms with E-state index in [4.69, 9.17) is 4.74 Å². The lowest BCUT2D eigenvalue weighted by Crippen LogP contribution is -1.97. The summed E-state index contributed by atoms with van der Waals surface area (Å²) in [4.78, 5) is 19.4. The third-order valence-electron chi connectivity index (χ3n) is 2.99. The zero-order chi connectivity index (χ0) is 13.9. The van der Waals surface area contributed by atoms with Crippen LogP contribution in [-0.2, 0) is 0 Å². The molecule has 100 valence electrons. The highest BCUT2D eigenvalue weighted by atomic mass is 16.5. The van der Waals surface area contributed by atoms with E-state index in [-0.39, 0.29) is 0 Å². The first kappa shape index (κ1) is 12.3. The van der Waals surface area contributed by atoms with Crippen molar-refractivity contribution in [1.82, 2.24) is 14.5 Å². The van der Waals surface area contributed by atoms with E-state index in [1.54, 1.807) is 24.7 Å². The number of aldehydes is 1. The van der Waals surface area contributed by atoms with Crippen LogP contribution in [0, 0.1) is 0 Å². The molecule has 0 spiro atoms. The molecule has 0 atom stereocenters. The van der Waals surface area contributed by atoms with E-state index < -0.39 is 0 Å². The van der Waals surface area contributed by atoms with Gasteiger partial charge in [-0.2, -0.15) is 0 Å². The van der Waals surface area contributed by atoms with E-state index in [1.165, 1.54) is 0 Å². The van der Waals surface area contributed by atoms with Crippen LogP contribution in [0.5, 0.6) is 5.75 Å². The molecule has 20 heavy (non-hydrogen) atoms. The minimum Gasteiger partial charge on any atom is -0.492 e. The first-order chi connectivity index (χ1) is 9.81. The minimum absolute atomic E-state index is 0.613. The van der Waals surface area contributed by atoms with Gasteiger partial charge < -0.3 is 4.74 Å².